The van der Waals surface area contributed by atoms with Crippen molar-refractivity contribution in [3.8, 4) is 11.5 Å². The summed E-state index contributed by atoms with van der Waals surface area (Å²) in [7, 11) is 0. The summed E-state index contributed by atoms with van der Waals surface area (Å²) in [5, 5.41) is 3.55. The number of rotatable bonds is 3. The fraction of sp³-hybridized carbons (Fsp3) is 0.600. The van der Waals surface area contributed by atoms with Crippen LogP contribution >= 0.6 is 0 Å². The lowest BCUT2D eigenvalue weighted by Gasteiger charge is -2.16. The molecule has 1 aromatic carbocycles. The first kappa shape index (κ1) is 12.8. The molecule has 2 unspecified atom stereocenters. The maximum atomic E-state index is 5.70. The monoisotopic (exact) mass is 263 g/mol. The van der Waals surface area contributed by atoms with Crippen LogP contribution in [-0.2, 0) is 11.3 Å². The van der Waals surface area contributed by atoms with Gasteiger partial charge in [-0.05, 0) is 31.0 Å². The smallest absolute Gasteiger partial charge is 0.161 e. The largest absolute Gasteiger partial charge is 0.490 e. The Morgan fingerprint density at radius 2 is 2.00 bits per heavy atom. The summed E-state index contributed by atoms with van der Waals surface area (Å²) in [6.07, 6.45) is 2.34. The maximum absolute atomic E-state index is 5.70. The number of ether oxygens (including phenoxy) is 3. The lowest BCUT2D eigenvalue weighted by Crippen LogP contribution is -2.34. The maximum Gasteiger partial charge on any atom is 0.161 e. The first-order valence-electron chi connectivity index (χ1n) is 7.06. The Bertz CT molecular complexity index is 435. The number of hydrogen-bond acceptors (Lipinski definition) is 4. The third kappa shape index (κ3) is 3.01. The van der Waals surface area contributed by atoms with Crippen LogP contribution in [0.15, 0.2) is 18.2 Å². The van der Waals surface area contributed by atoms with Crippen LogP contribution in [0.1, 0.15) is 25.3 Å². The molecular formula is C15H21NO3. The van der Waals surface area contributed by atoms with Gasteiger partial charge in [-0.2, -0.15) is 0 Å². The Morgan fingerprint density at radius 1 is 1.16 bits per heavy atom. The molecule has 4 heteroatoms. The van der Waals surface area contributed by atoms with E-state index in [0.717, 1.165) is 50.7 Å². The van der Waals surface area contributed by atoms with Gasteiger partial charge in [-0.1, -0.05) is 6.07 Å². The van der Waals surface area contributed by atoms with Crippen LogP contribution in [0.4, 0.5) is 0 Å². The van der Waals surface area contributed by atoms with E-state index in [0.29, 0.717) is 12.1 Å². The Labute approximate surface area is 114 Å². The molecule has 3 rings (SSSR count). The first-order chi connectivity index (χ1) is 9.33. The predicted octanol–water partition coefficient (Wildman–Crippen LogP) is 2.11. The molecular weight excluding hydrogens is 242 g/mol. The van der Waals surface area contributed by atoms with Crippen LogP contribution < -0.4 is 14.8 Å². The summed E-state index contributed by atoms with van der Waals surface area (Å²) < 4.78 is 16.9. The highest BCUT2D eigenvalue weighted by atomic mass is 16.5. The zero-order valence-corrected chi connectivity index (χ0v) is 11.4. The highest BCUT2D eigenvalue weighted by molar-refractivity contribution is 5.43. The SMILES string of the molecule is CC1OCCC1NCc1ccc2c(c1)OCCCO2. The number of nitrogens with one attached hydrogen (secondary N) is 1. The average molecular weight is 263 g/mol. The summed E-state index contributed by atoms with van der Waals surface area (Å²) in [6.45, 7) is 5.30. The average Bonchev–Trinajstić information content (AvgIpc) is 2.70. The van der Waals surface area contributed by atoms with Gasteiger partial charge in [0.1, 0.15) is 0 Å². The van der Waals surface area contributed by atoms with Crippen molar-refractivity contribution in [3.63, 3.8) is 0 Å². The molecule has 0 aliphatic carbocycles. The normalized spacial score (nSPS) is 26.2. The minimum absolute atomic E-state index is 0.306. The van der Waals surface area contributed by atoms with Gasteiger partial charge in [-0.3, -0.25) is 0 Å². The molecule has 1 aromatic rings. The van der Waals surface area contributed by atoms with E-state index < -0.39 is 0 Å². The van der Waals surface area contributed by atoms with Crippen molar-refractivity contribution < 1.29 is 14.2 Å². The van der Waals surface area contributed by atoms with Crippen molar-refractivity contribution in [2.24, 2.45) is 0 Å². The lowest BCUT2D eigenvalue weighted by molar-refractivity contribution is 0.113. The quantitative estimate of drug-likeness (QED) is 0.906. The fourth-order valence-electron chi connectivity index (χ4n) is 2.57. The van der Waals surface area contributed by atoms with Crippen LogP contribution in [0, 0.1) is 0 Å². The second kappa shape index (κ2) is 5.80. The molecule has 0 aromatic heterocycles. The van der Waals surface area contributed by atoms with Gasteiger partial charge >= 0.3 is 0 Å². The van der Waals surface area contributed by atoms with E-state index in [9.17, 15) is 0 Å². The third-order valence-corrected chi connectivity index (χ3v) is 3.76. The number of benzene rings is 1. The van der Waals surface area contributed by atoms with Crippen molar-refractivity contribution in [1.82, 2.24) is 5.32 Å². The molecule has 0 radical (unpaired) electrons. The molecule has 2 aliphatic heterocycles. The van der Waals surface area contributed by atoms with E-state index >= 15 is 0 Å². The fourth-order valence-corrected chi connectivity index (χ4v) is 2.57. The summed E-state index contributed by atoms with van der Waals surface area (Å²) in [5.74, 6) is 1.73. The second-order valence-electron chi connectivity index (χ2n) is 5.18. The summed E-state index contributed by atoms with van der Waals surface area (Å²) in [6, 6.07) is 6.64. The van der Waals surface area contributed by atoms with E-state index in [2.05, 4.69) is 24.4 Å². The van der Waals surface area contributed by atoms with Crippen molar-refractivity contribution in [2.75, 3.05) is 19.8 Å². The van der Waals surface area contributed by atoms with Gasteiger partial charge in [0.15, 0.2) is 11.5 Å². The van der Waals surface area contributed by atoms with Gasteiger partial charge < -0.3 is 19.5 Å². The minimum Gasteiger partial charge on any atom is -0.490 e. The molecule has 0 spiro atoms. The van der Waals surface area contributed by atoms with Gasteiger partial charge in [-0.15, -0.1) is 0 Å². The molecule has 2 aliphatic rings. The molecule has 2 heterocycles. The van der Waals surface area contributed by atoms with E-state index in [-0.39, 0.29) is 0 Å². The van der Waals surface area contributed by atoms with Gasteiger partial charge in [0.2, 0.25) is 0 Å². The Morgan fingerprint density at radius 3 is 2.79 bits per heavy atom. The molecule has 2 atom stereocenters. The highest BCUT2D eigenvalue weighted by Gasteiger charge is 2.23. The topological polar surface area (TPSA) is 39.7 Å². The van der Waals surface area contributed by atoms with Gasteiger partial charge in [0.05, 0.1) is 19.3 Å². The molecule has 0 amide bonds. The van der Waals surface area contributed by atoms with Gasteiger partial charge in [0.25, 0.3) is 0 Å². The zero-order chi connectivity index (χ0) is 13.1. The Hall–Kier alpha value is -1.26. The summed E-state index contributed by atoms with van der Waals surface area (Å²) in [5.41, 5.74) is 1.23. The van der Waals surface area contributed by atoms with Crippen LogP contribution in [0.3, 0.4) is 0 Å². The van der Waals surface area contributed by atoms with Crippen molar-refractivity contribution in [1.29, 1.82) is 0 Å². The molecule has 1 saturated heterocycles. The number of fused-ring (bicyclic) bond motifs is 1. The molecule has 104 valence electrons. The predicted molar refractivity (Wildman–Crippen MR) is 72.7 cm³/mol. The lowest BCUT2D eigenvalue weighted by atomic mass is 10.1. The molecule has 0 saturated carbocycles. The van der Waals surface area contributed by atoms with Gasteiger partial charge in [-0.25, -0.2) is 0 Å². The van der Waals surface area contributed by atoms with E-state index in [4.69, 9.17) is 14.2 Å². The Kier molecular flexibility index (Phi) is 3.89. The molecule has 0 bridgehead atoms. The van der Waals surface area contributed by atoms with Crippen LogP contribution in [0.5, 0.6) is 11.5 Å². The molecule has 1 fully saturated rings. The van der Waals surface area contributed by atoms with E-state index in [1.54, 1.807) is 0 Å². The van der Waals surface area contributed by atoms with Crippen molar-refractivity contribution in [2.45, 2.75) is 38.5 Å². The summed E-state index contributed by atoms with van der Waals surface area (Å²) >= 11 is 0. The Balaban J connectivity index is 1.63. The highest BCUT2D eigenvalue weighted by Crippen LogP contribution is 2.30. The molecule has 1 N–H and O–H groups in total. The van der Waals surface area contributed by atoms with Crippen LogP contribution in [0.25, 0.3) is 0 Å². The minimum atomic E-state index is 0.306. The third-order valence-electron chi connectivity index (χ3n) is 3.76. The van der Waals surface area contributed by atoms with Crippen LogP contribution in [-0.4, -0.2) is 32.0 Å². The molecule has 19 heavy (non-hydrogen) atoms. The van der Waals surface area contributed by atoms with Crippen LogP contribution in [0.2, 0.25) is 0 Å². The first-order valence-corrected chi connectivity index (χ1v) is 7.06. The number of hydrogen-bond donors (Lipinski definition) is 1. The standard InChI is InChI=1S/C15H21NO3/c1-11-13(5-8-17-11)16-10-12-3-4-14-15(9-12)19-7-2-6-18-14/h3-4,9,11,13,16H,2,5-8,10H2,1H3. The van der Waals surface area contributed by atoms with E-state index in [1.807, 2.05) is 6.07 Å². The van der Waals surface area contributed by atoms with Crippen molar-refractivity contribution >= 4 is 0 Å². The molecule has 4 nitrogen and oxygen atoms in total. The van der Waals surface area contributed by atoms with Crippen molar-refractivity contribution in [3.05, 3.63) is 23.8 Å². The van der Waals surface area contributed by atoms with E-state index in [1.165, 1.54) is 5.56 Å². The zero-order valence-electron chi connectivity index (χ0n) is 11.4. The van der Waals surface area contributed by atoms with Gasteiger partial charge in [0, 0.05) is 25.6 Å². The second-order valence-corrected chi connectivity index (χ2v) is 5.18. The summed E-state index contributed by atoms with van der Waals surface area (Å²) in [4.78, 5) is 0.